The molecule has 0 aliphatic rings. The SMILES string of the molecule is CCCCOC(=O)CNCC(C)OC. The number of carbonyl (C=O) groups excluding carboxylic acids is 1. The molecule has 0 rings (SSSR count). The summed E-state index contributed by atoms with van der Waals surface area (Å²) in [5, 5.41) is 2.96. The number of hydrogen-bond acceptors (Lipinski definition) is 4. The molecule has 1 unspecified atom stereocenters. The van der Waals surface area contributed by atoms with Crippen LogP contribution in [0, 0.1) is 0 Å². The van der Waals surface area contributed by atoms with E-state index in [1.165, 1.54) is 0 Å². The Morgan fingerprint density at radius 2 is 2.21 bits per heavy atom. The van der Waals surface area contributed by atoms with Gasteiger partial charge in [0.15, 0.2) is 0 Å². The largest absolute Gasteiger partial charge is 0.465 e. The van der Waals surface area contributed by atoms with E-state index in [2.05, 4.69) is 12.2 Å². The van der Waals surface area contributed by atoms with E-state index < -0.39 is 0 Å². The Morgan fingerprint density at radius 1 is 1.50 bits per heavy atom. The lowest BCUT2D eigenvalue weighted by Crippen LogP contribution is -2.31. The van der Waals surface area contributed by atoms with Gasteiger partial charge in [-0.15, -0.1) is 0 Å². The van der Waals surface area contributed by atoms with Crippen molar-refractivity contribution in [3.8, 4) is 0 Å². The molecule has 84 valence electrons. The second kappa shape index (κ2) is 8.97. The monoisotopic (exact) mass is 203 g/mol. The third kappa shape index (κ3) is 8.01. The lowest BCUT2D eigenvalue weighted by atomic mass is 10.4. The number of nitrogens with one attached hydrogen (secondary N) is 1. The van der Waals surface area contributed by atoms with Gasteiger partial charge in [0.1, 0.15) is 0 Å². The summed E-state index contributed by atoms with van der Waals surface area (Å²) in [4.78, 5) is 11.1. The minimum Gasteiger partial charge on any atom is -0.465 e. The van der Waals surface area contributed by atoms with E-state index in [0.29, 0.717) is 13.2 Å². The number of methoxy groups -OCH3 is 1. The second-order valence-electron chi connectivity index (χ2n) is 3.25. The van der Waals surface area contributed by atoms with Crippen molar-refractivity contribution in [1.82, 2.24) is 5.32 Å². The summed E-state index contributed by atoms with van der Waals surface area (Å²) in [5.41, 5.74) is 0. The number of esters is 1. The Morgan fingerprint density at radius 3 is 2.79 bits per heavy atom. The van der Waals surface area contributed by atoms with Gasteiger partial charge >= 0.3 is 5.97 Å². The summed E-state index contributed by atoms with van der Waals surface area (Å²) in [6.45, 7) is 5.45. The number of unbranched alkanes of at least 4 members (excludes halogenated alkanes) is 1. The van der Waals surface area contributed by atoms with Crippen LogP contribution in [0.1, 0.15) is 26.7 Å². The molecule has 0 amide bonds. The molecule has 0 saturated carbocycles. The highest BCUT2D eigenvalue weighted by molar-refractivity contribution is 5.71. The number of carbonyl (C=O) groups is 1. The van der Waals surface area contributed by atoms with Crippen molar-refractivity contribution in [1.29, 1.82) is 0 Å². The van der Waals surface area contributed by atoms with Gasteiger partial charge in [0, 0.05) is 13.7 Å². The zero-order chi connectivity index (χ0) is 10.8. The van der Waals surface area contributed by atoms with E-state index in [9.17, 15) is 4.79 Å². The average Bonchev–Trinajstić information content (AvgIpc) is 2.18. The van der Waals surface area contributed by atoms with E-state index in [4.69, 9.17) is 9.47 Å². The summed E-state index contributed by atoms with van der Waals surface area (Å²) in [6, 6.07) is 0. The third-order valence-electron chi connectivity index (χ3n) is 1.86. The highest BCUT2D eigenvalue weighted by atomic mass is 16.5. The molecule has 0 aromatic heterocycles. The zero-order valence-corrected chi connectivity index (χ0v) is 9.34. The first-order valence-electron chi connectivity index (χ1n) is 5.09. The molecule has 0 spiro atoms. The summed E-state index contributed by atoms with van der Waals surface area (Å²) in [6.07, 6.45) is 2.10. The molecular weight excluding hydrogens is 182 g/mol. The van der Waals surface area contributed by atoms with Crippen molar-refractivity contribution in [2.45, 2.75) is 32.8 Å². The first kappa shape index (κ1) is 13.4. The van der Waals surface area contributed by atoms with Gasteiger partial charge in [-0.2, -0.15) is 0 Å². The highest BCUT2D eigenvalue weighted by Gasteiger charge is 2.03. The summed E-state index contributed by atoms with van der Waals surface area (Å²) in [5.74, 6) is -0.193. The van der Waals surface area contributed by atoms with Crippen LogP contribution in [0.25, 0.3) is 0 Å². The Balaban J connectivity index is 3.26. The van der Waals surface area contributed by atoms with Crippen LogP contribution in [0.5, 0.6) is 0 Å². The molecule has 1 N–H and O–H groups in total. The molecule has 14 heavy (non-hydrogen) atoms. The van der Waals surface area contributed by atoms with Crippen molar-refractivity contribution >= 4 is 5.97 Å². The van der Waals surface area contributed by atoms with Crippen LogP contribution in [-0.2, 0) is 14.3 Å². The van der Waals surface area contributed by atoms with Crippen LogP contribution >= 0.6 is 0 Å². The molecule has 0 aromatic carbocycles. The average molecular weight is 203 g/mol. The Bertz CT molecular complexity index is 150. The van der Waals surface area contributed by atoms with Gasteiger partial charge in [0.2, 0.25) is 0 Å². The van der Waals surface area contributed by atoms with E-state index in [-0.39, 0.29) is 18.6 Å². The van der Waals surface area contributed by atoms with Crippen LogP contribution in [0.4, 0.5) is 0 Å². The first-order valence-corrected chi connectivity index (χ1v) is 5.09. The van der Waals surface area contributed by atoms with Gasteiger partial charge in [0.05, 0.1) is 19.3 Å². The van der Waals surface area contributed by atoms with Gasteiger partial charge in [-0.05, 0) is 13.3 Å². The van der Waals surface area contributed by atoms with Crippen LogP contribution in [0.3, 0.4) is 0 Å². The first-order chi connectivity index (χ1) is 6.70. The molecule has 0 heterocycles. The highest BCUT2D eigenvalue weighted by Crippen LogP contribution is 1.88. The molecule has 0 bridgehead atoms. The third-order valence-corrected chi connectivity index (χ3v) is 1.86. The van der Waals surface area contributed by atoms with Crippen molar-refractivity contribution < 1.29 is 14.3 Å². The molecule has 4 heteroatoms. The summed E-state index contributed by atoms with van der Waals surface area (Å²) in [7, 11) is 1.64. The van der Waals surface area contributed by atoms with Crippen molar-refractivity contribution in [2.24, 2.45) is 0 Å². The summed E-state index contributed by atoms with van der Waals surface area (Å²) >= 11 is 0. The van der Waals surface area contributed by atoms with Crippen LogP contribution in [0.15, 0.2) is 0 Å². The Kier molecular flexibility index (Phi) is 8.57. The topological polar surface area (TPSA) is 47.6 Å². The molecule has 0 aliphatic carbocycles. The van der Waals surface area contributed by atoms with Gasteiger partial charge < -0.3 is 14.8 Å². The minimum absolute atomic E-state index is 0.124. The van der Waals surface area contributed by atoms with Gasteiger partial charge in [0.25, 0.3) is 0 Å². The van der Waals surface area contributed by atoms with Crippen molar-refractivity contribution in [2.75, 3.05) is 26.8 Å². The molecule has 0 radical (unpaired) electrons. The molecular formula is C10H21NO3. The van der Waals surface area contributed by atoms with Crippen LogP contribution < -0.4 is 5.32 Å². The fraction of sp³-hybridized carbons (Fsp3) is 0.900. The zero-order valence-electron chi connectivity index (χ0n) is 9.34. The van der Waals surface area contributed by atoms with Gasteiger partial charge in [-0.1, -0.05) is 13.3 Å². The smallest absolute Gasteiger partial charge is 0.319 e. The number of ether oxygens (including phenoxy) is 2. The maximum Gasteiger partial charge on any atom is 0.319 e. The molecule has 4 nitrogen and oxygen atoms in total. The predicted molar refractivity (Wildman–Crippen MR) is 55.2 cm³/mol. The van der Waals surface area contributed by atoms with Crippen LogP contribution in [-0.4, -0.2) is 38.9 Å². The molecule has 0 aliphatic heterocycles. The maximum absolute atomic E-state index is 11.1. The molecule has 1 atom stereocenters. The van der Waals surface area contributed by atoms with Crippen molar-refractivity contribution in [3.05, 3.63) is 0 Å². The molecule has 0 saturated heterocycles. The number of hydrogen-bond donors (Lipinski definition) is 1. The number of rotatable bonds is 8. The summed E-state index contributed by atoms with van der Waals surface area (Å²) < 4.78 is 9.97. The normalized spacial score (nSPS) is 12.5. The molecule has 0 aromatic rings. The standard InChI is InChI=1S/C10H21NO3/c1-4-5-6-14-10(12)8-11-7-9(2)13-3/h9,11H,4-8H2,1-3H3. The molecule has 0 fully saturated rings. The fourth-order valence-corrected chi connectivity index (χ4v) is 0.842. The second-order valence-corrected chi connectivity index (χ2v) is 3.25. The van der Waals surface area contributed by atoms with Crippen LogP contribution in [0.2, 0.25) is 0 Å². The lowest BCUT2D eigenvalue weighted by Gasteiger charge is -2.10. The predicted octanol–water partition coefficient (Wildman–Crippen LogP) is 0.954. The van der Waals surface area contributed by atoms with Gasteiger partial charge in [-0.25, -0.2) is 0 Å². The minimum atomic E-state index is -0.193. The van der Waals surface area contributed by atoms with Gasteiger partial charge in [-0.3, -0.25) is 4.79 Å². The quantitative estimate of drug-likeness (QED) is 0.471. The Hall–Kier alpha value is -0.610. The fourth-order valence-electron chi connectivity index (χ4n) is 0.842. The van der Waals surface area contributed by atoms with E-state index >= 15 is 0 Å². The lowest BCUT2D eigenvalue weighted by molar-refractivity contribution is -0.142. The van der Waals surface area contributed by atoms with E-state index in [0.717, 1.165) is 12.8 Å². The van der Waals surface area contributed by atoms with E-state index in [1.807, 2.05) is 6.92 Å². The van der Waals surface area contributed by atoms with E-state index in [1.54, 1.807) is 7.11 Å². The maximum atomic E-state index is 11.1. The van der Waals surface area contributed by atoms with Crippen molar-refractivity contribution in [3.63, 3.8) is 0 Å². The Labute approximate surface area is 86.0 Å².